The van der Waals surface area contributed by atoms with Crippen molar-refractivity contribution in [2.75, 3.05) is 0 Å². The number of fused-ring (bicyclic) bond motifs is 9. The third-order valence-electron chi connectivity index (χ3n) is 11.1. The van der Waals surface area contributed by atoms with E-state index in [1.54, 1.807) is 0 Å². The van der Waals surface area contributed by atoms with Gasteiger partial charge in [0.05, 0.1) is 22.3 Å². The second-order valence-corrected chi connectivity index (χ2v) is 13.5. The summed E-state index contributed by atoms with van der Waals surface area (Å²) in [6, 6.07) is 20.9. The Bertz CT molecular complexity index is 2170. The first-order chi connectivity index (χ1) is 21.6. The summed E-state index contributed by atoms with van der Waals surface area (Å²) < 4.78 is 5.34. The molecular formula is C42H38N2. The number of rotatable bonds is 5. The van der Waals surface area contributed by atoms with Gasteiger partial charge in [-0.15, -0.1) is 6.58 Å². The zero-order valence-corrected chi connectivity index (χ0v) is 25.5. The molecule has 0 amide bonds. The van der Waals surface area contributed by atoms with E-state index in [-0.39, 0.29) is 5.54 Å². The highest BCUT2D eigenvalue weighted by molar-refractivity contribution is 6.14. The van der Waals surface area contributed by atoms with Crippen LogP contribution < -0.4 is 0 Å². The van der Waals surface area contributed by atoms with E-state index >= 15 is 0 Å². The van der Waals surface area contributed by atoms with Crippen molar-refractivity contribution >= 4 is 50.9 Å². The number of nitrogens with zero attached hydrogens (tertiary/aromatic N) is 2. The molecule has 0 spiro atoms. The van der Waals surface area contributed by atoms with Crippen LogP contribution in [0.25, 0.3) is 56.6 Å². The molecule has 2 aromatic heterocycles. The van der Waals surface area contributed by atoms with Crippen molar-refractivity contribution in [3.8, 4) is 5.69 Å². The lowest BCUT2D eigenvalue weighted by atomic mass is 9.71. The lowest BCUT2D eigenvalue weighted by Gasteiger charge is -2.44. The number of benzene rings is 3. The third kappa shape index (κ3) is 3.48. The smallest absolute Gasteiger partial charge is 0.0554 e. The Hall–Kier alpha value is -4.56. The van der Waals surface area contributed by atoms with Gasteiger partial charge in [0.2, 0.25) is 0 Å². The van der Waals surface area contributed by atoms with Gasteiger partial charge in [-0.05, 0) is 73.8 Å². The summed E-state index contributed by atoms with van der Waals surface area (Å²) in [4.78, 5) is 0. The Balaban J connectivity index is 1.41. The van der Waals surface area contributed by atoms with Crippen molar-refractivity contribution < 1.29 is 0 Å². The first-order valence-electron chi connectivity index (χ1n) is 16.3. The molecule has 216 valence electrons. The fraction of sp³-hybridized carbons (Fsp3) is 0.238. The molecule has 1 fully saturated rings. The van der Waals surface area contributed by atoms with Crippen LogP contribution in [0.3, 0.4) is 0 Å². The Morgan fingerprint density at radius 1 is 0.886 bits per heavy atom. The van der Waals surface area contributed by atoms with Gasteiger partial charge in [-0.2, -0.15) is 0 Å². The predicted molar refractivity (Wildman–Crippen MR) is 188 cm³/mol. The molecule has 4 aliphatic rings. The van der Waals surface area contributed by atoms with Crippen LogP contribution in [0.15, 0.2) is 110 Å². The highest BCUT2D eigenvalue weighted by Crippen LogP contribution is 2.56. The Kier molecular flexibility index (Phi) is 5.57. The van der Waals surface area contributed by atoms with Crippen molar-refractivity contribution in [3.63, 3.8) is 0 Å². The fourth-order valence-corrected chi connectivity index (χ4v) is 8.80. The number of aromatic nitrogens is 2. The van der Waals surface area contributed by atoms with E-state index in [2.05, 4.69) is 138 Å². The minimum atomic E-state index is -0.108. The number of allylic oxidation sites excluding steroid dienone is 7. The third-order valence-corrected chi connectivity index (χ3v) is 11.1. The number of hydrogen-bond donors (Lipinski definition) is 0. The van der Waals surface area contributed by atoms with Gasteiger partial charge in [0.25, 0.3) is 0 Å². The molecular weight excluding hydrogens is 532 g/mol. The monoisotopic (exact) mass is 570 g/mol. The lowest BCUT2D eigenvalue weighted by molar-refractivity contribution is 0.184. The molecule has 0 aliphatic heterocycles. The highest BCUT2D eigenvalue weighted by Gasteiger charge is 2.44. The van der Waals surface area contributed by atoms with Crippen LogP contribution in [0.4, 0.5) is 0 Å². The maximum Gasteiger partial charge on any atom is 0.0554 e. The first kappa shape index (κ1) is 25.9. The molecule has 4 atom stereocenters. The molecule has 4 unspecified atom stereocenters. The maximum atomic E-state index is 4.27. The Morgan fingerprint density at radius 2 is 1.75 bits per heavy atom. The van der Waals surface area contributed by atoms with Crippen LogP contribution in [-0.4, -0.2) is 9.13 Å². The van der Waals surface area contributed by atoms with E-state index in [0.717, 1.165) is 25.7 Å². The summed E-state index contributed by atoms with van der Waals surface area (Å²) in [6.07, 6.45) is 25.8. The molecule has 5 aromatic rings. The molecule has 2 heterocycles. The molecule has 0 radical (unpaired) electrons. The van der Waals surface area contributed by atoms with E-state index in [1.807, 2.05) is 0 Å². The average molecular weight is 571 g/mol. The van der Waals surface area contributed by atoms with Crippen molar-refractivity contribution in [1.29, 1.82) is 0 Å². The SMILES string of the molecule is C=CCC1(n2c3ccccc3c3cc4c(cc32)c2c(n4-c3cccc4c3C=CCC=C4)C3CC3C=C2)CC(C=C)=CCC1C. The molecule has 1 saturated carbocycles. The molecule has 44 heavy (non-hydrogen) atoms. The van der Waals surface area contributed by atoms with Gasteiger partial charge < -0.3 is 9.13 Å². The van der Waals surface area contributed by atoms with E-state index in [9.17, 15) is 0 Å². The van der Waals surface area contributed by atoms with Crippen LogP contribution in [-0.2, 0) is 5.54 Å². The summed E-state index contributed by atoms with van der Waals surface area (Å²) in [6.45, 7) is 10.9. The molecule has 0 N–H and O–H groups in total. The second-order valence-electron chi connectivity index (χ2n) is 13.5. The molecule has 4 aliphatic carbocycles. The van der Waals surface area contributed by atoms with Crippen LogP contribution in [0.2, 0.25) is 0 Å². The zero-order chi connectivity index (χ0) is 29.6. The van der Waals surface area contributed by atoms with Gasteiger partial charge in [-0.3, -0.25) is 0 Å². The molecule has 9 rings (SSSR count). The van der Waals surface area contributed by atoms with Crippen molar-refractivity contribution in [2.24, 2.45) is 11.8 Å². The second kappa shape index (κ2) is 9.47. The Labute approximate surface area is 259 Å². The van der Waals surface area contributed by atoms with Gasteiger partial charge in [0, 0.05) is 44.4 Å². The number of para-hydroxylation sites is 1. The van der Waals surface area contributed by atoms with Crippen molar-refractivity contribution in [2.45, 2.75) is 50.5 Å². The molecule has 0 saturated heterocycles. The van der Waals surface area contributed by atoms with Crippen molar-refractivity contribution in [1.82, 2.24) is 9.13 Å². The largest absolute Gasteiger partial charge is 0.333 e. The summed E-state index contributed by atoms with van der Waals surface area (Å²) >= 11 is 0. The van der Waals surface area contributed by atoms with Crippen LogP contribution in [0.1, 0.15) is 67.3 Å². The van der Waals surface area contributed by atoms with Gasteiger partial charge in [0.15, 0.2) is 0 Å². The lowest BCUT2D eigenvalue weighted by Crippen LogP contribution is -2.41. The van der Waals surface area contributed by atoms with Gasteiger partial charge in [-0.1, -0.05) is 104 Å². The van der Waals surface area contributed by atoms with Crippen LogP contribution in [0, 0.1) is 11.8 Å². The average Bonchev–Trinajstić information content (AvgIpc) is 3.75. The van der Waals surface area contributed by atoms with Crippen LogP contribution in [0.5, 0.6) is 0 Å². The molecule has 0 bridgehead atoms. The molecule has 2 nitrogen and oxygen atoms in total. The summed E-state index contributed by atoms with van der Waals surface area (Å²) in [7, 11) is 0. The molecule has 3 aromatic carbocycles. The van der Waals surface area contributed by atoms with Crippen LogP contribution >= 0.6 is 0 Å². The molecule has 2 heteroatoms. The summed E-state index contributed by atoms with van der Waals surface area (Å²) in [5.74, 6) is 1.71. The van der Waals surface area contributed by atoms with E-state index in [0.29, 0.717) is 17.8 Å². The fourth-order valence-electron chi connectivity index (χ4n) is 8.80. The minimum Gasteiger partial charge on any atom is -0.333 e. The van der Waals surface area contributed by atoms with E-state index < -0.39 is 0 Å². The van der Waals surface area contributed by atoms with Gasteiger partial charge >= 0.3 is 0 Å². The Morgan fingerprint density at radius 3 is 2.64 bits per heavy atom. The van der Waals surface area contributed by atoms with Crippen molar-refractivity contribution in [3.05, 3.63) is 132 Å². The summed E-state index contributed by atoms with van der Waals surface area (Å²) in [5.41, 5.74) is 12.0. The topological polar surface area (TPSA) is 9.86 Å². The van der Waals surface area contributed by atoms with E-state index in [4.69, 9.17) is 0 Å². The standard InChI is InChI=1S/C42H38N2/c1-4-22-42(26-28(5-2)19-18-27(42)3)44-38-16-10-9-15-32(38)35-24-39-36(25-40(35)44)33-21-20-30-23-34(30)41(33)43(39)37-17-11-13-29-12-7-6-8-14-31(29)37/h4-5,7-17,19-21,24-25,27,30,34H,1-2,6,18,22-23,26H2,3H3. The normalized spacial score (nSPS) is 25.0. The van der Waals surface area contributed by atoms with Gasteiger partial charge in [-0.25, -0.2) is 0 Å². The predicted octanol–water partition coefficient (Wildman–Crippen LogP) is 11.1. The minimum absolute atomic E-state index is 0.108. The maximum absolute atomic E-state index is 4.27. The zero-order valence-electron chi connectivity index (χ0n) is 25.5. The quantitative estimate of drug-likeness (QED) is 0.186. The number of hydrogen-bond acceptors (Lipinski definition) is 0. The van der Waals surface area contributed by atoms with E-state index in [1.165, 1.54) is 72.8 Å². The first-order valence-corrected chi connectivity index (χ1v) is 16.3. The summed E-state index contributed by atoms with van der Waals surface area (Å²) in [5, 5.41) is 4.03. The highest BCUT2D eigenvalue weighted by atomic mass is 15.1. The van der Waals surface area contributed by atoms with Gasteiger partial charge in [0.1, 0.15) is 0 Å².